The van der Waals surface area contributed by atoms with Crippen molar-refractivity contribution >= 4 is 5.91 Å². The Balaban J connectivity index is 1.46. The first-order valence-electron chi connectivity index (χ1n) is 8.99. The van der Waals surface area contributed by atoms with Crippen molar-refractivity contribution in [3.63, 3.8) is 0 Å². The zero-order valence-electron chi connectivity index (χ0n) is 15.5. The van der Waals surface area contributed by atoms with Crippen LogP contribution in [0.5, 0.6) is 11.6 Å². The standard InChI is InChI=1S/C20H25N3O3/c1-14(2)16-5-7-17(8-6-16)25-13-20(24)23-11-10-18(12-23)26-19-9-4-15(3)21-22-19/h4-9,14,18H,10-13H2,1-3H3. The number of carbonyl (C=O) groups is 1. The average molecular weight is 355 g/mol. The monoisotopic (exact) mass is 355 g/mol. The van der Waals surface area contributed by atoms with Crippen molar-refractivity contribution in [3.8, 4) is 11.6 Å². The highest BCUT2D eigenvalue weighted by Gasteiger charge is 2.28. The van der Waals surface area contributed by atoms with E-state index in [-0.39, 0.29) is 18.6 Å². The van der Waals surface area contributed by atoms with Crippen LogP contribution >= 0.6 is 0 Å². The number of carbonyl (C=O) groups excluding carboxylic acids is 1. The van der Waals surface area contributed by atoms with Crippen molar-refractivity contribution in [1.82, 2.24) is 15.1 Å². The third-order valence-corrected chi connectivity index (χ3v) is 4.47. The Labute approximate surface area is 154 Å². The molecule has 0 aliphatic carbocycles. The van der Waals surface area contributed by atoms with E-state index in [1.807, 2.05) is 37.3 Å². The topological polar surface area (TPSA) is 64.5 Å². The van der Waals surface area contributed by atoms with E-state index in [1.165, 1.54) is 5.56 Å². The van der Waals surface area contributed by atoms with Gasteiger partial charge in [0.15, 0.2) is 6.61 Å². The molecule has 2 aromatic rings. The van der Waals surface area contributed by atoms with Gasteiger partial charge in [0.05, 0.1) is 12.2 Å². The summed E-state index contributed by atoms with van der Waals surface area (Å²) in [5.74, 6) is 1.66. The van der Waals surface area contributed by atoms with E-state index in [0.29, 0.717) is 30.6 Å². The summed E-state index contributed by atoms with van der Waals surface area (Å²) in [6.07, 6.45) is 0.728. The van der Waals surface area contributed by atoms with E-state index in [2.05, 4.69) is 24.0 Å². The van der Waals surface area contributed by atoms with E-state index in [0.717, 1.165) is 12.1 Å². The second kappa shape index (κ2) is 8.17. The van der Waals surface area contributed by atoms with Crippen LogP contribution in [0, 0.1) is 6.92 Å². The van der Waals surface area contributed by atoms with E-state index >= 15 is 0 Å². The molecule has 1 saturated heterocycles. The van der Waals surface area contributed by atoms with Crippen molar-refractivity contribution in [1.29, 1.82) is 0 Å². The van der Waals surface area contributed by atoms with Crippen LogP contribution in [-0.4, -0.2) is 46.8 Å². The molecule has 0 radical (unpaired) electrons. The molecule has 6 heteroatoms. The van der Waals surface area contributed by atoms with Gasteiger partial charge in [-0.1, -0.05) is 26.0 Å². The summed E-state index contributed by atoms with van der Waals surface area (Å²) in [6, 6.07) is 11.6. The van der Waals surface area contributed by atoms with E-state index in [4.69, 9.17) is 9.47 Å². The van der Waals surface area contributed by atoms with Gasteiger partial charge in [-0.25, -0.2) is 0 Å². The maximum Gasteiger partial charge on any atom is 0.260 e. The third kappa shape index (κ3) is 4.71. The van der Waals surface area contributed by atoms with Gasteiger partial charge in [-0.2, -0.15) is 5.10 Å². The summed E-state index contributed by atoms with van der Waals surface area (Å²) in [5.41, 5.74) is 2.10. The smallest absolute Gasteiger partial charge is 0.260 e. The van der Waals surface area contributed by atoms with E-state index < -0.39 is 0 Å². The van der Waals surface area contributed by atoms with E-state index in [9.17, 15) is 4.79 Å². The van der Waals surface area contributed by atoms with Crippen molar-refractivity contribution < 1.29 is 14.3 Å². The zero-order chi connectivity index (χ0) is 18.5. The van der Waals surface area contributed by atoms with Gasteiger partial charge in [0.2, 0.25) is 5.88 Å². The second-order valence-electron chi connectivity index (χ2n) is 6.89. The molecule has 1 aliphatic rings. The predicted molar refractivity (Wildman–Crippen MR) is 98.4 cm³/mol. The molecule has 1 unspecified atom stereocenters. The first-order valence-corrected chi connectivity index (χ1v) is 8.99. The van der Waals surface area contributed by atoms with E-state index in [1.54, 1.807) is 11.0 Å². The molecular weight excluding hydrogens is 330 g/mol. The fourth-order valence-corrected chi connectivity index (χ4v) is 2.86. The van der Waals surface area contributed by atoms with Gasteiger partial charge in [0.25, 0.3) is 5.91 Å². The Morgan fingerprint density at radius 1 is 1.19 bits per heavy atom. The largest absolute Gasteiger partial charge is 0.484 e. The van der Waals surface area contributed by atoms with Crippen LogP contribution in [0.25, 0.3) is 0 Å². The molecule has 0 saturated carbocycles. The first kappa shape index (κ1) is 18.2. The Kier molecular flexibility index (Phi) is 5.71. The normalized spacial score (nSPS) is 16.8. The summed E-state index contributed by atoms with van der Waals surface area (Å²) in [6.45, 7) is 7.42. The lowest BCUT2D eigenvalue weighted by atomic mass is 10.0. The summed E-state index contributed by atoms with van der Waals surface area (Å²) in [7, 11) is 0. The van der Waals surface area contributed by atoms with Crippen LogP contribution in [0.15, 0.2) is 36.4 Å². The van der Waals surface area contributed by atoms with Crippen LogP contribution in [0.1, 0.15) is 37.4 Å². The molecule has 1 aliphatic heterocycles. The highest BCUT2D eigenvalue weighted by molar-refractivity contribution is 5.78. The Hall–Kier alpha value is -2.63. The Bertz CT molecular complexity index is 729. The zero-order valence-corrected chi connectivity index (χ0v) is 15.5. The van der Waals surface area contributed by atoms with Crippen LogP contribution < -0.4 is 9.47 Å². The van der Waals surface area contributed by atoms with Gasteiger partial charge in [-0.05, 0) is 36.6 Å². The number of benzene rings is 1. The molecule has 138 valence electrons. The van der Waals surface area contributed by atoms with Crippen LogP contribution in [0.2, 0.25) is 0 Å². The van der Waals surface area contributed by atoms with Gasteiger partial charge in [-0.15, -0.1) is 5.10 Å². The lowest BCUT2D eigenvalue weighted by Crippen LogP contribution is -2.34. The first-order chi connectivity index (χ1) is 12.5. The van der Waals surface area contributed by atoms with Crippen LogP contribution in [0.3, 0.4) is 0 Å². The minimum absolute atomic E-state index is 0.0287. The van der Waals surface area contributed by atoms with Crippen molar-refractivity contribution in [2.45, 2.75) is 39.2 Å². The number of likely N-dealkylation sites (tertiary alicyclic amines) is 1. The highest BCUT2D eigenvalue weighted by atomic mass is 16.5. The minimum Gasteiger partial charge on any atom is -0.484 e. The molecule has 0 N–H and O–H groups in total. The fourth-order valence-electron chi connectivity index (χ4n) is 2.86. The maximum atomic E-state index is 12.4. The molecule has 26 heavy (non-hydrogen) atoms. The van der Waals surface area contributed by atoms with Gasteiger partial charge >= 0.3 is 0 Å². The molecule has 6 nitrogen and oxygen atoms in total. The van der Waals surface area contributed by atoms with Crippen molar-refractivity contribution in [3.05, 3.63) is 47.7 Å². The molecule has 1 amide bonds. The highest BCUT2D eigenvalue weighted by Crippen LogP contribution is 2.19. The number of aromatic nitrogens is 2. The molecule has 1 aromatic carbocycles. The van der Waals surface area contributed by atoms with Crippen molar-refractivity contribution in [2.24, 2.45) is 0 Å². The van der Waals surface area contributed by atoms with Crippen LogP contribution in [-0.2, 0) is 4.79 Å². The Morgan fingerprint density at radius 2 is 1.96 bits per heavy atom. The quantitative estimate of drug-likeness (QED) is 0.797. The van der Waals surface area contributed by atoms with Gasteiger partial charge in [0.1, 0.15) is 11.9 Å². The molecule has 3 rings (SSSR count). The lowest BCUT2D eigenvalue weighted by molar-refractivity contribution is -0.132. The molecule has 0 spiro atoms. The fraction of sp³-hybridized carbons (Fsp3) is 0.450. The average Bonchev–Trinajstić information content (AvgIpc) is 3.10. The molecule has 1 aromatic heterocycles. The number of nitrogens with zero attached hydrogens (tertiary/aromatic N) is 3. The number of aryl methyl sites for hydroxylation is 1. The molecule has 2 heterocycles. The number of hydrogen-bond acceptors (Lipinski definition) is 5. The lowest BCUT2D eigenvalue weighted by Gasteiger charge is -2.17. The van der Waals surface area contributed by atoms with Gasteiger partial charge < -0.3 is 14.4 Å². The molecule has 1 fully saturated rings. The minimum atomic E-state index is -0.0544. The number of rotatable bonds is 6. The third-order valence-electron chi connectivity index (χ3n) is 4.47. The predicted octanol–water partition coefficient (Wildman–Crippen LogP) is 2.97. The maximum absolute atomic E-state index is 12.4. The molecule has 0 bridgehead atoms. The number of ether oxygens (including phenoxy) is 2. The summed E-state index contributed by atoms with van der Waals surface area (Å²) < 4.78 is 11.4. The second-order valence-corrected chi connectivity index (χ2v) is 6.89. The van der Waals surface area contributed by atoms with Crippen molar-refractivity contribution in [2.75, 3.05) is 19.7 Å². The van der Waals surface area contributed by atoms with Gasteiger partial charge in [-0.3, -0.25) is 4.79 Å². The van der Waals surface area contributed by atoms with Gasteiger partial charge in [0, 0.05) is 19.0 Å². The van der Waals surface area contributed by atoms with Crippen LogP contribution in [0.4, 0.5) is 0 Å². The Morgan fingerprint density at radius 3 is 2.62 bits per heavy atom. The SMILES string of the molecule is Cc1ccc(OC2CCN(C(=O)COc3ccc(C(C)C)cc3)C2)nn1. The number of hydrogen-bond donors (Lipinski definition) is 0. The summed E-state index contributed by atoms with van der Waals surface area (Å²) >= 11 is 0. The summed E-state index contributed by atoms with van der Waals surface area (Å²) in [5, 5.41) is 7.99. The molecular formula is C20H25N3O3. The molecule has 1 atom stereocenters. The summed E-state index contributed by atoms with van der Waals surface area (Å²) in [4.78, 5) is 14.1. The number of amides is 1.